The molecule has 32 heavy (non-hydrogen) atoms. The van der Waals surface area contributed by atoms with Crippen LogP contribution in [0.1, 0.15) is 24.8 Å². The van der Waals surface area contributed by atoms with Gasteiger partial charge >= 0.3 is 0 Å². The van der Waals surface area contributed by atoms with Crippen LogP contribution in [0.25, 0.3) is 0 Å². The number of piperidine rings is 1. The molecule has 0 spiro atoms. The molecule has 7 nitrogen and oxygen atoms in total. The normalized spacial score (nSPS) is 20.4. The predicted octanol–water partition coefficient (Wildman–Crippen LogP) is 3.22. The van der Waals surface area contributed by atoms with Crippen LogP contribution in [0.2, 0.25) is 5.02 Å². The van der Waals surface area contributed by atoms with E-state index in [9.17, 15) is 14.7 Å². The van der Waals surface area contributed by atoms with Gasteiger partial charge < -0.3 is 24.4 Å². The second kappa shape index (κ2) is 9.00. The smallest absolute Gasteiger partial charge is 0.228 e. The molecule has 8 heteroatoms. The van der Waals surface area contributed by atoms with Crippen LogP contribution in [0.15, 0.2) is 42.5 Å². The van der Waals surface area contributed by atoms with Crippen molar-refractivity contribution < 1.29 is 24.2 Å². The number of anilines is 1. The van der Waals surface area contributed by atoms with E-state index < -0.39 is 11.5 Å². The van der Waals surface area contributed by atoms with E-state index in [4.69, 9.17) is 21.1 Å². The van der Waals surface area contributed by atoms with Crippen LogP contribution < -0.4 is 14.4 Å². The van der Waals surface area contributed by atoms with Crippen molar-refractivity contribution in [3.63, 3.8) is 0 Å². The highest BCUT2D eigenvalue weighted by atomic mass is 35.5. The Balaban J connectivity index is 1.42. The van der Waals surface area contributed by atoms with E-state index in [0.29, 0.717) is 54.7 Å². The van der Waals surface area contributed by atoms with Gasteiger partial charge in [-0.15, -0.1) is 0 Å². The van der Waals surface area contributed by atoms with Crippen molar-refractivity contribution in [2.24, 2.45) is 5.92 Å². The molecule has 1 N–H and O–H groups in total. The Morgan fingerprint density at radius 3 is 2.41 bits per heavy atom. The van der Waals surface area contributed by atoms with Crippen LogP contribution in [0.4, 0.5) is 5.69 Å². The van der Waals surface area contributed by atoms with Crippen molar-refractivity contribution in [1.29, 1.82) is 0 Å². The third-order valence-corrected chi connectivity index (χ3v) is 6.69. The fraction of sp³-hybridized carbons (Fsp3) is 0.417. The van der Waals surface area contributed by atoms with E-state index in [2.05, 4.69) is 0 Å². The fourth-order valence-corrected chi connectivity index (χ4v) is 4.64. The average molecular weight is 459 g/mol. The number of hydrogen-bond acceptors (Lipinski definition) is 5. The molecule has 1 atom stereocenters. The molecule has 2 aromatic rings. The molecule has 0 radical (unpaired) electrons. The van der Waals surface area contributed by atoms with Gasteiger partial charge in [0.25, 0.3) is 0 Å². The lowest BCUT2D eigenvalue weighted by Gasteiger charge is -2.39. The van der Waals surface area contributed by atoms with Crippen molar-refractivity contribution in [3.05, 3.63) is 53.1 Å². The first-order chi connectivity index (χ1) is 15.3. The molecule has 2 fully saturated rings. The second-order valence-electron chi connectivity index (χ2n) is 8.31. The molecule has 0 saturated carbocycles. The summed E-state index contributed by atoms with van der Waals surface area (Å²) in [5, 5.41) is 11.7. The number of hydrogen-bond donors (Lipinski definition) is 1. The molecule has 2 heterocycles. The molecule has 2 aromatic carbocycles. The number of ether oxygens (including phenoxy) is 2. The van der Waals surface area contributed by atoms with E-state index in [1.54, 1.807) is 47.2 Å². The summed E-state index contributed by atoms with van der Waals surface area (Å²) in [6, 6.07) is 12.4. The highest BCUT2D eigenvalue weighted by Gasteiger charge is 2.41. The Bertz CT molecular complexity index is 1000. The monoisotopic (exact) mass is 458 g/mol. The van der Waals surface area contributed by atoms with Gasteiger partial charge in [0.1, 0.15) is 11.5 Å². The van der Waals surface area contributed by atoms with Crippen LogP contribution in [0.5, 0.6) is 11.5 Å². The Morgan fingerprint density at radius 2 is 1.78 bits per heavy atom. The summed E-state index contributed by atoms with van der Waals surface area (Å²) in [6.07, 6.45) is 1.04. The summed E-state index contributed by atoms with van der Waals surface area (Å²) in [7, 11) is 3.10. The minimum Gasteiger partial charge on any atom is -0.497 e. The number of aliphatic hydroxyl groups is 1. The molecule has 4 rings (SSSR count). The Kier molecular flexibility index (Phi) is 6.31. The summed E-state index contributed by atoms with van der Waals surface area (Å²) in [5.74, 6) is 0.576. The molecule has 2 amide bonds. The van der Waals surface area contributed by atoms with Crippen LogP contribution in [0.3, 0.4) is 0 Å². The molecular weight excluding hydrogens is 432 g/mol. The van der Waals surface area contributed by atoms with Gasteiger partial charge in [-0.1, -0.05) is 23.7 Å². The van der Waals surface area contributed by atoms with Gasteiger partial charge in [-0.05, 0) is 42.7 Å². The lowest BCUT2D eigenvalue weighted by Crippen LogP contribution is -2.47. The van der Waals surface area contributed by atoms with Gasteiger partial charge in [-0.3, -0.25) is 9.59 Å². The van der Waals surface area contributed by atoms with E-state index in [1.807, 2.05) is 12.1 Å². The predicted molar refractivity (Wildman–Crippen MR) is 121 cm³/mol. The first kappa shape index (κ1) is 22.4. The minimum atomic E-state index is -0.977. The molecule has 2 aliphatic rings. The van der Waals surface area contributed by atoms with Gasteiger partial charge in [0.05, 0.1) is 31.4 Å². The summed E-state index contributed by atoms with van der Waals surface area (Å²) in [6.45, 7) is 1.18. The quantitative estimate of drug-likeness (QED) is 0.744. The number of nitrogens with zero attached hydrogens (tertiary/aromatic N) is 2. The topological polar surface area (TPSA) is 79.3 Å². The van der Waals surface area contributed by atoms with Gasteiger partial charge in [-0.25, -0.2) is 0 Å². The maximum atomic E-state index is 13.2. The summed E-state index contributed by atoms with van der Waals surface area (Å²) >= 11 is 5.96. The Hall–Kier alpha value is -2.77. The summed E-state index contributed by atoms with van der Waals surface area (Å²) in [4.78, 5) is 29.3. The zero-order chi connectivity index (χ0) is 22.9. The van der Waals surface area contributed by atoms with Gasteiger partial charge in [0, 0.05) is 37.1 Å². The third kappa shape index (κ3) is 4.27. The number of likely N-dealkylation sites (tertiary alicyclic amines) is 1. The number of carbonyl (C=O) groups is 2. The highest BCUT2D eigenvalue weighted by Crippen LogP contribution is 2.37. The molecular formula is C24H27ClN2O5. The van der Waals surface area contributed by atoms with Crippen molar-refractivity contribution in [2.45, 2.75) is 24.9 Å². The molecule has 0 bridgehead atoms. The van der Waals surface area contributed by atoms with E-state index >= 15 is 0 Å². The van der Waals surface area contributed by atoms with Gasteiger partial charge in [0.2, 0.25) is 11.8 Å². The fourth-order valence-electron chi connectivity index (χ4n) is 4.52. The van der Waals surface area contributed by atoms with E-state index in [0.717, 1.165) is 5.56 Å². The number of rotatable bonds is 5. The van der Waals surface area contributed by atoms with Crippen LogP contribution >= 0.6 is 11.6 Å². The zero-order valence-corrected chi connectivity index (χ0v) is 19.0. The second-order valence-corrected chi connectivity index (χ2v) is 8.74. The first-order valence-corrected chi connectivity index (χ1v) is 11.0. The lowest BCUT2D eigenvalue weighted by atomic mass is 9.84. The standard InChI is InChI=1S/C24H27ClN2O5/c1-31-19-7-8-20(21(14-19)32-2)27-15-16(13-22(27)28)23(29)26-11-9-24(30,10-12-26)17-3-5-18(25)6-4-17/h3-8,14,16,30H,9-13,15H2,1-2H3. The number of carbonyl (C=O) groups excluding carboxylic acids is 2. The molecule has 0 aromatic heterocycles. The van der Waals surface area contributed by atoms with Crippen LogP contribution in [0, 0.1) is 5.92 Å². The van der Waals surface area contributed by atoms with Crippen molar-refractivity contribution in [1.82, 2.24) is 4.90 Å². The number of benzene rings is 2. The van der Waals surface area contributed by atoms with E-state index in [1.165, 1.54) is 7.11 Å². The highest BCUT2D eigenvalue weighted by molar-refractivity contribution is 6.30. The maximum absolute atomic E-state index is 13.2. The van der Waals surface area contributed by atoms with Crippen LogP contribution in [-0.4, -0.2) is 55.7 Å². The minimum absolute atomic E-state index is 0.0496. The lowest BCUT2D eigenvalue weighted by molar-refractivity contribution is -0.140. The Labute approximate surface area is 192 Å². The van der Waals surface area contributed by atoms with Crippen LogP contribution in [-0.2, 0) is 15.2 Å². The number of halogens is 1. The number of methoxy groups -OCH3 is 2. The van der Waals surface area contributed by atoms with Gasteiger partial charge in [0.15, 0.2) is 0 Å². The average Bonchev–Trinajstić information content (AvgIpc) is 3.20. The maximum Gasteiger partial charge on any atom is 0.228 e. The number of amides is 2. The first-order valence-electron chi connectivity index (χ1n) is 10.6. The summed E-state index contributed by atoms with van der Waals surface area (Å²) < 4.78 is 10.7. The molecule has 0 aliphatic carbocycles. The molecule has 2 saturated heterocycles. The van der Waals surface area contributed by atoms with E-state index in [-0.39, 0.29) is 18.2 Å². The molecule has 2 aliphatic heterocycles. The van der Waals surface area contributed by atoms with Crippen molar-refractivity contribution >= 4 is 29.1 Å². The zero-order valence-electron chi connectivity index (χ0n) is 18.2. The molecule has 1 unspecified atom stereocenters. The third-order valence-electron chi connectivity index (χ3n) is 6.44. The largest absolute Gasteiger partial charge is 0.497 e. The van der Waals surface area contributed by atoms with Crippen molar-refractivity contribution in [3.8, 4) is 11.5 Å². The summed E-state index contributed by atoms with van der Waals surface area (Å²) in [5.41, 5.74) is 0.460. The Morgan fingerprint density at radius 1 is 1.09 bits per heavy atom. The molecule has 170 valence electrons. The van der Waals surface area contributed by atoms with Gasteiger partial charge in [-0.2, -0.15) is 0 Å². The SMILES string of the molecule is COc1ccc(N2CC(C(=O)N3CCC(O)(c4ccc(Cl)cc4)CC3)CC2=O)c(OC)c1. The van der Waals surface area contributed by atoms with Crippen molar-refractivity contribution in [2.75, 3.05) is 38.8 Å².